The maximum atomic E-state index is 13.1. The van der Waals surface area contributed by atoms with Crippen LogP contribution in [-0.2, 0) is 17.9 Å². The Hall–Kier alpha value is -2.81. The molecule has 3 aromatic rings. The average Bonchev–Trinajstić information content (AvgIpc) is 3.08. The molecule has 0 aliphatic carbocycles. The van der Waals surface area contributed by atoms with Gasteiger partial charge in [0.05, 0.1) is 11.0 Å². The molecule has 0 N–H and O–H groups in total. The van der Waals surface area contributed by atoms with Crippen LogP contribution < -0.4 is 9.47 Å². The Bertz CT molecular complexity index is 1060. The summed E-state index contributed by atoms with van der Waals surface area (Å²) in [5.74, 6) is -1.49. The summed E-state index contributed by atoms with van der Waals surface area (Å²) in [5, 5.41) is 0.129. The van der Waals surface area contributed by atoms with Crippen molar-refractivity contribution < 1.29 is 23.0 Å². The number of hydrogen-bond acceptors (Lipinski definition) is 5. The molecule has 0 atom stereocenters. The van der Waals surface area contributed by atoms with Gasteiger partial charge in [0.25, 0.3) is 5.76 Å². The zero-order valence-corrected chi connectivity index (χ0v) is 17.2. The van der Waals surface area contributed by atoms with Crippen LogP contribution in [0.15, 0.2) is 47.6 Å². The Balaban J connectivity index is 1.58. The second kappa shape index (κ2) is 8.91. The van der Waals surface area contributed by atoms with E-state index >= 15 is 0 Å². The minimum atomic E-state index is -2.62. The third-order valence-corrected chi connectivity index (χ3v) is 5.55. The number of carbonyl (C=O) groups excluding carboxylic acids is 1. The van der Waals surface area contributed by atoms with Crippen LogP contribution >= 0.6 is 11.8 Å². The predicted molar refractivity (Wildman–Crippen MR) is 110 cm³/mol. The molecule has 2 aromatic carbocycles. The van der Waals surface area contributed by atoms with Crippen molar-refractivity contribution in [2.24, 2.45) is 0 Å². The Kier molecular flexibility index (Phi) is 6.08. The largest absolute Gasteiger partial charge is 0.486 e. The third-order valence-electron chi connectivity index (χ3n) is 4.85. The Morgan fingerprint density at radius 3 is 2.80 bits per heavy atom. The van der Waals surface area contributed by atoms with Crippen LogP contribution in [-0.4, -0.2) is 45.9 Å². The van der Waals surface area contributed by atoms with Crippen molar-refractivity contribution in [1.82, 2.24) is 14.5 Å². The standard InChI is InChI=1S/C21H21F2N3O3S/c1-2-25(12-14-6-5-9-17-19(14)29-11-10-28-17)18(27)13-26-16-8-4-3-7-15(16)24-21(26)30-20(22)23/h3-9,20H,2,10-13H2,1H3. The molecular formula is C21H21F2N3O3S. The first-order chi connectivity index (χ1) is 14.6. The van der Waals surface area contributed by atoms with E-state index in [0.717, 1.165) is 5.56 Å². The van der Waals surface area contributed by atoms with E-state index in [1.165, 1.54) is 0 Å². The van der Waals surface area contributed by atoms with Gasteiger partial charge in [0, 0.05) is 18.7 Å². The summed E-state index contributed by atoms with van der Waals surface area (Å²) in [6, 6.07) is 12.7. The van der Waals surface area contributed by atoms with Gasteiger partial charge in [-0.15, -0.1) is 0 Å². The minimum Gasteiger partial charge on any atom is -0.486 e. The highest BCUT2D eigenvalue weighted by molar-refractivity contribution is 7.99. The SMILES string of the molecule is CCN(Cc1cccc2c1OCCO2)C(=O)Cn1c(SC(F)F)nc2ccccc21. The van der Waals surface area contributed by atoms with Gasteiger partial charge in [-0.1, -0.05) is 24.3 Å². The van der Waals surface area contributed by atoms with Gasteiger partial charge in [-0.3, -0.25) is 4.79 Å². The summed E-state index contributed by atoms with van der Waals surface area (Å²) in [6.07, 6.45) is 0. The number of hydrogen-bond donors (Lipinski definition) is 0. The average molecular weight is 433 g/mol. The number of nitrogens with zero attached hydrogens (tertiary/aromatic N) is 3. The molecule has 0 spiro atoms. The lowest BCUT2D eigenvalue weighted by molar-refractivity contribution is -0.132. The molecule has 0 saturated carbocycles. The highest BCUT2D eigenvalue weighted by atomic mass is 32.2. The van der Waals surface area contributed by atoms with Crippen LogP contribution in [0.2, 0.25) is 0 Å². The summed E-state index contributed by atoms with van der Waals surface area (Å²) in [7, 11) is 0. The van der Waals surface area contributed by atoms with Gasteiger partial charge in [-0.05, 0) is 36.9 Å². The van der Waals surface area contributed by atoms with E-state index in [4.69, 9.17) is 9.47 Å². The lowest BCUT2D eigenvalue weighted by Crippen LogP contribution is -2.33. The molecule has 1 aromatic heterocycles. The lowest BCUT2D eigenvalue weighted by atomic mass is 10.1. The smallest absolute Gasteiger partial charge is 0.291 e. The van der Waals surface area contributed by atoms with Gasteiger partial charge in [-0.2, -0.15) is 8.78 Å². The molecular weight excluding hydrogens is 412 g/mol. The quantitative estimate of drug-likeness (QED) is 0.524. The maximum absolute atomic E-state index is 13.1. The van der Waals surface area contributed by atoms with Gasteiger partial charge in [0.1, 0.15) is 19.8 Å². The zero-order chi connectivity index (χ0) is 21.1. The van der Waals surface area contributed by atoms with Gasteiger partial charge in [0.15, 0.2) is 16.7 Å². The highest BCUT2D eigenvalue weighted by Crippen LogP contribution is 2.34. The molecule has 1 amide bonds. The maximum Gasteiger partial charge on any atom is 0.291 e. The molecule has 0 bridgehead atoms. The first kappa shape index (κ1) is 20.5. The fourth-order valence-electron chi connectivity index (χ4n) is 3.45. The summed E-state index contributed by atoms with van der Waals surface area (Å²) in [4.78, 5) is 19.0. The first-order valence-corrected chi connectivity index (χ1v) is 10.5. The molecule has 0 radical (unpaired) electrons. The van der Waals surface area contributed by atoms with Crippen LogP contribution in [0.3, 0.4) is 0 Å². The Morgan fingerprint density at radius 2 is 2.00 bits per heavy atom. The number of thioether (sulfide) groups is 1. The number of fused-ring (bicyclic) bond motifs is 2. The molecule has 1 aliphatic rings. The van der Waals surface area contributed by atoms with E-state index < -0.39 is 5.76 Å². The number of likely N-dealkylation sites (N-methyl/N-ethyl adjacent to an activating group) is 1. The van der Waals surface area contributed by atoms with Gasteiger partial charge < -0.3 is 18.9 Å². The van der Waals surface area contributed by atoms with Crippen molar-refractivity contribution in [2.75, 3.05) is 19.8 Å². The first-order valence-electron chi connectivity index (χ1n) is 9.62. The van der Waals surface area contributed by atoms with E-state index in [0.29, 0.717) is 60.6 Å². The van der Waals surface area contributed by atoms with Crippen LogP contribution in [0.25, 0.3) is 11.0 Å². The number of benzene rings is 2. The number of amides is 1. The van der Waals surface area contributed by atoms with Crippen molar-refractivity contribution >= 4 is 28.7 Å². The zero-order valence-electron chi connectivity index (χ0n) is 16.4. The normalized spacial score (nSPS) is 13.1. The van der Waals surface area contributed by atoms with Crippen molar-refractivity contribution in [3.8, 4) is 11.5 Å². The summed E-state index contributed by atoms with van der Waals surface area (Å²) in [5.41, 5.74) is 2.08. The van der Waals surface area contributed by atoms with Crippen molar-refractivity contribution in [2.45, 2.75) is 30.9 Å². The number of ether oxygens (including phenoxy) is 2. The topological polar surface area (TPSA) is 56.6 Å². The fourth-order valence-corrected chi connectivity index (χ4v) is 4.05. The second-order valence-corrected chi connectivity index (χ2v) is 7.65. The monoisotopic (exact) mass is 433 g/mol. The van der Waals surface area contributed by atoms with Crippen molar-refractivity contribution in [1.29, 1.82) is 0 Å². The molecule has 4 rings (SSSR count). The number of rotatable bonds is 7. The molecule has 6 nitrogen and oxygen atoms in total. The summed E-state index contributed by atoms with van der Waals surface area (Å²) >= 11 is 0.346. The molecule has 2 heterocycles. The van der Waals surface area contributed by atoms with Crippen LogP contribution in [0.1, 0.15) is 12.5 Å². The fraction of sp³-hybridized carbons (Fsp3) is 0.333. The van der Waals surface area contributed by atoms with Crippen LogP contribution in [0.4, 0.5) is 8.78 Å². The second-order valence-electron chi connectivity index (χ2n) is 6.70. The molecule has 0 fully saturated rings. The van der Waals surface area contributed by atoms with Crippen LogP contribution in [0.5, 0.6) is 11.5 Å². The Labute approximate surface area is 176 Å². The molecule has 0 unspecified atom stereocenters. The van der Waals surface area contributed by atoms with E-state index in [1.807, 2.05) is 25.1 Å². The molecule has 1 aliphatic heterocycles. The van der Waals surface area contributed by atoms with Crippen LogP contribution in [0, 0.1) is 0 Å². The predicted octanol–water partition coefficient (Wildman–Crippen LogP) is 4.17. The number of carbonyl (C=O) groups is 1. The van der Waals surface area contributed by atoms with E-state index in [2.05, 4.69) is 4.98 Å². The van der Waals surface area contributed by atoms with Gasteiger partial charge in [0.2, 0.25) is 5.91 Å². The number of imidazole rings is 1. The molecule has 158 valence electrons. The summed E-state index contributed by atoms with van der Waals surface area (Å²) in [6.45, 7) is 3.56. The number of alkyl halides is 2. The molecule has 0 saturated heterocycles. The minimum absolute atomic E-state index is 0.0736. The van der Waals surface area contributed by atoms with Crippen molar-refractivity contribution in [3.63, 3.8) is 0 Å². The van der Waals surface area contributed by atoms with Gasteiger partial charge >= 0.3 is 0 Å². The number of aromatic nitrogens is 2. The van der Waals surface area contributed by atoms with E-state index in [1.54, 1.807) is 33.7 Å². The van der Waals surface area contributed by atoms with E-state index in [-0.39, 0.29) is 17.6 Å². The van der Waals surface area contributed by atoms with E-state index in [9.17, 15) is 13.6 Å². The molecule has 9 heteroatoms. The van der Waals surface area contributed by atoms with Crippen molar-refractivity contribution in [3.05, 3.63) is 48.0 Å². The number of halogens is 2. The lowest BCUT2D eigenvalue weighted by Gasteiger charge is -2.25. The Morgan fingerprint density at radius 1 is 1.20 bits per heavy atom. The molecule has 30 heavy (non-hydrogen) atoms. The summed E-state index contributed by atoms with van der Waals surface area (Å²) < 4.78 is 39.0. The highest BCUT2D eigenvalue weighted by Gasteiger charge is 2.22. The number of para-hydroxylation sites is 3. The van der Waals surface area contributed by atoms with Gasteiger partial charge in [-0.25, -0.2) is 4.98 Å². The third kappa shape index (κ3) is 4.21.